The Hall–Kier alpha value is -2.62. The second kappa shape index (κ2) is 5.63. The molecule has 90 valence electrons. The fraction of sp³-hybridized carbons (Fsp3) is 0. The second-order valence-electron chi connectivity index (χ2n) is 3.69. The summed E-state index contributed by atoms with van der Waals surface area (Å²) in [6.07, 6.45) is 0. The van der Waals surface area contributed by atoms with Gasteiger partial charge in [0.05, 0.1) is 0 Å². The molecule has 0 unspecified atom stereocenters. The summed E-state index contributed by atoms with van der Waals surface area (Å²) >= 11 is 0. The van der Waals surface area contributed by atoms with Crippen LogP contribution in [0.25, 0.3) is 0 Å². The molecule has 0 radical (unpaired) electrons. The third kappa shape index (κ3) is 2.38. The molecule has 2 aromatic rings. The minimum Gasteiger partial charge on any atom is -0.323 e. The van der Waals surface area contributed by atoms with Crippen molar-refractivity contribution < 1.29 is 0 Å². The van der Waals surface area contributed by atoms with Gasteiger partial charge in [-0.2, -0.15) is 10.2 Å². The second-order valence-corrected chi connectivity index (χ2v) is 3.69. The molecule has 0 amide bonds. The fourth-order valence-corrected chi connectivity index (χ4v) is 1.74. The van der Waals surface area contributed by atoms with Gasteiger partial charge in [0.1, 0.15) is 11.4 Å². The number of nitrogens with zero attached hydrogens (tertiary/aromatic N) is 2. The normalized spacial score (nSPS) is 12.4. The van der Waals surface area contributed by atoms with E-state index in [-0.39, 0.29) is 0 Å². The highest BCUT2D eigenvalue weighted by atomic mass is 15.2. The lowest BCUT2D eigenvalue weighted by atomic mass is 10.00. The zero-order valence-electron chi connectivity index (χ0n) is 9.82. The van der Waals surface area contributed by atoms with Gasteiger partial charge in [0.25, 0.3) is 0 Å². The van der Waals surface area contributed by atoms with E-state index in [0.717, 1.165) is 11.1 Å². The molecule has 0 bridgehead atoms. The highest BCUT2D eigenvalue weighted by molar-refractivity contribution is 6.53. The molecule has 2 aromatic carbocycles. The predicted octanol–water partition coefficient (Wildman–Crippen LogP) is 1.71. The summed E-state index contributed by atoms with van der Waals surface area (Å²) in [7, 11) is 0. The van der Waals surface area contributed by atoms with Crippen molar-refractivity contribution in [3.8, 4) is 0 Å². The van der Waals surface area contributed by atoms with Crippen molar-refractivity contribution in [2.45, 2.75) is 0 Å². The number of nitrogens with two attached hydrogens (primary N) is 2. The summed E-state index contributed by atoms with van der Waals surface area (Å²) in [5, 5.41) is 7.62. The first kappa shape index (κ1) is 11.9. The van der Waals surface area contributed by atoms with Gasteiger partial charge in [0, 0.05) is 11.1 Å². The molecule has 4 N–H and O–H groups in total. The van der Waals surface area contributed by atoms with Crippen molar-refractivity contribution in [3.63, 3.8) is 0 Å². The third-order valence-electron chi connectivity index (χ3n) is 2.58. The van der Waals surface area contributed by atoms with E-state index >= 15 is 0 Å². The van der Waals surface area contributed by atoms with Gasteiger partial charge in [0.15, 0.2) is 0 Å². The number of hydrazone groups is 2. The maximum absolute atomic E-state index is 5.47. The van der Waals surface area contributed by atoms with Crippen LogP contribution in [0.3, 0.4) is 0 Å². The quantitative estimate of drug-likeness (QED) is 0.485. The molecule has 0 saturated carbocycles. The topological polar surface area (TPSA) is 76.8 Å². The lowest BCUT2D eigenvalue weighted by Crippen LogP contribution is -2.20. The van der Waals surface area contributed by atoms with Gasteiger partial charge in [0.2, 0.25) is 0 Å². The first-order valence-electron chi connectivity index (χ1n) is 5.53. The molecule has 0 heterocycles. The Kier molecular flexibility index (Phi) is 3.71. The van der Waals surface area contributed by atoms with Crippen molar-refractivity contribution in [3.05, 3.63) is 71.8 Å². The van der Waals surface area contributed by atoms with Gasteiger partial charge >= 0.3 is 0 Å². The molecule has 4 nitrogen and oxygen atoms in total. The Morgan fingerprint density at radius 3 is 1.22 bits per heavy atom. The van der Waals surface area contributed by atoms with Crippen LogP contribution >= 0.6 is 0 Å². The van der Waals surface area contributed by atoms with E-state index < -0.39 is 0 Å². The van der Waals surface area contributed by atoms with E-state index in [1.807, 2.05) is 60.7 Å². The van der Waals surface area contributed by atoms with Crippen LogP contribution in [-0.4, -0.2) is 11.4 Å². The number of hydrogen-bond donors (Lipinski definition) is 2. The molecule has 0 aromatic heterocycles. The van der Waals surface area contributed by atoms with Crippen LogP contribution in [0.2, 0.25) is 0 Å². The predicted molar refractivity (Wildman–Crippen MR) is 74.3 cm³/mol. The van der Waals surface area contributed by atoms with Crippen LogP contribution in [-0.2, 0) is 0 Å². The Labute approximate surface area is 106 Å². The Balaban J connectivity index is 2.45. The lowest BCUT2D eigenvalue weighted by molar-refractivity contribution is 1.23. The SMILES string of the molecule is N/N=C(\C(=N\N)c1ccccc1)c1ccccc1. The smallest absolute Gasteiger partial charge is 0.118 e. The van der Waals surface area contributed by atoms with E-state index in [4.69, 9.17) is 11.7 Å². The lowest BCUT2D eigenvalue weighted by Gasteiger charge is -2.08. The van der Waals surface area contributed by atoms with Crippen molar-refractivity contribution in [1.82, 2.24) is 0 Å². The average molecular weight is 238 g/mol. The van der Waals surface area contributed by atoms with E-state index in [0.29, 0.717) is 11.4 Å². The molecule has 0 spiro atoms. The zero-order valence-corrected chi connectivity index (χ0v) is 9.82. The van der Waals surface area contributed by atoms with Crippen molar-refractivity contribution in [2.75, 3.05) is 0 Å². The van der Waals surface area contributed by atoms with Crippen molar-refractivity contribution >= 4 is 11.4 Å². The van der Waals surface area contributed by atoms with Gasteiger partial charge in [-0.15, -0.1) is 0 Å². The molecule has 0 aliphatic heterocycles. The first-order chi connectivity index (χ1) is 8.86. The zero-order chi connectivity index (χ0) is 12.8. The van der Waals surface area contributed by atoms with Crippen LogP contribution in [0.1, 0.15) is 11.1 Å². The summed E-state index contributed by atoms with van der Waals surface area (Å²) in [5.74, 6) is 10.9. The highest BCUT2D eigenvalue weighted by Crippen LogP contribution is 2.09. The maximum atomic E-state index is 5.47. The Bertz CT molecular complexity index is 505. The minimum absolute atomic E-state index is 0.573. The van der Waals surface area contributed by atoms with E-state index in [2.05, 4.69) is 10.2 Å². The molecule has 0 saturated heterocycles. The Morgan fingerprint density at radius 2 is 0.944 bits per heavy atom. The van der Waals surface area contributed by atoms with E-state index in [1.54, 1.807) is 0 Å². The largest absolute Gasteiger partial charge is 0.323 e. The van der Waals surface area contributed by atoms with E-state index in [1.165, 1.54) is 0 Å². The summed E-state index contributed by atoms with van der Waals surface area (Å²) in [4.78, 5) is 0. The molecular weight excluding hydrogens is 224 g/mol. The van der Waals surface area contributed by atoms with Gasteiger partial charge in [-0.1, -0.05) is 60.7 Å². The highest BCUT2D eigenvalue weighted by Gasteiger charge is 2.13. The van der Waals surface area contributed by atoms with Crippen LogP contribution in [0.5, 0.6) is 0 Å². The average Bonchev–Trinajstić information content (AvgIpc) is 2.46. The molecule has 2 rings (SSSR count). The molecule has 0 aliphatic carbocycles. The molecule has 18 heavy (non-hydrogen) atoms. The molecule has 0 atom stereocenters. The van der Waals surface area contributed by atoms with Gasteiger partial charge in [-0.25, -0.2) is 0 Å². The minimum atomic E-state index is 0.573. The Morgan fingerprint density at radius 1 is 0.611 bits per heavy atom. The fourth-order valence-electron chi connectivity index (χ4n) is 1.74. The number of hydrogen-bond acceptors (Lipinski definition) is 4. The summed E-state index contributed by atoms with van der Waals surface area (Å²) in [5.41, 5.74) is 2.91. The third-order valence-corrected chi connectivity index (χ3v) is 2.58. The molecule has 4 heteroatoms. The summed E-state index contributed by atoms with van der Waals surface area (Å²) in [6, 6.07) is 19.2. The molecular formula is C14H14N4. The van der Waals surface area contributed by atoms with E-state index in [9.17, 15) is 0 Å². The van der Waals surface area contributed by atoms with Gasteiger partial charge < -0.3 is 11.7 Å². The van der Waals surface area contributed by atoms with Crippen LogP contribution in [0.15, 0.2) is 70.9 Å². The van der Waals surface area contributed by atoms with Crippen LogP contribution < -0.4 is 11.7 Å². The van der Waals surface area contributed by atoms with Gasteiger partial charge in [-0.05, 0) is 0 Å². The summed E-state index contributed by atoms with van der Waals surface area (Å²) < 4.78 is 0. The van der Waals surface area contributed by atoms with Crippen LogP contribution in [0.4, 0.5) is 0 Å². The monoisotopic (exact) mass is 238 g/mol. The van der Waals surface area contributed by atoms with Gasteiger partial charge in [-0.3, -0.25) is 0 Å². The number of rotatable bonds is 3. The standard InChI is InChI=1S/C14H14N4/c15-17-13(11-7-3-1-4-8-11)14(18-16)12-9-5-2-6-10-12/h1-10H,15-16H2/b17-13-,18-14+. The molecule has 0 aliphatic rings. The molecule has 0 fully saturated rings. The summed E-state index contributed by atoms with van der Waals surface area (Å²) in [6.45, 7) is 0. The van der Waals surface area contributed by atoms with Crippen molar-refractivity contribution in [2.24, 2.45) is 21.9 Å². The van der Waals surface area contributed by atoms with Crippen LogP contribution in [0, 0.1) is 0 Å². The van der Waals surface area contributed by atoms with Crippen molar-refractivity contribution in [1.29, 1.82) is 0 Å². The maximum Gasteiger partial charge on any atom is 0.118 e. The first-order valence-corrected chi connectivity index (χ1v) is 5.53. The number of benzene rings is 2.